The second-order valence-electron chi connectivity index (χ2n) is 5.58. The van der Waals surface area contributed by atoms with Crippen molar-refractivity contribution in [2.24, 2.45) is 0 Å². The average Bonchev–Trinajstić information content (AvgIpc) is 2.42. The third kappa shape index (κ3) is 4.27. The van der Waals surface area contributed by atoms with Crippen molar-refractivity contribution >= 4 is 11.6 Å². The maximum Gasteiger partial charge on any atom is 0.242 e. The number of rotatable bonds is 4. The number of benzene rings is 1. The standard InChI is InChI=1S/C16H24N2O/c1-12-8-10-15(11-9-12)17-13(2)16(19)18-14-6-4-3-5-7-14/h8-11,13-14,17H,3-7H2,1-2H3,(H,18,19)/t13-/m1/s1. The molecule has 1 aliphatic carbocycles. The molecule has 1 atom stereocenters. The van der Waals surface area contributed by atoms with Gasteiger partial charge in [0.05, 0.1) is 0 Å². The van der Waals surface area contributed by atoms with Crippen LogP contribution in [0.3, 0.4) is 0 Å². The Kier molecular flexibility index (Phi) is 4.83. The SMILES string of the molecule is Cc1ccc(N[C@H](C)C(=O)NC2CCCCC2)cc1. The Hall–Kier alpha value is -1.51. The summed E-state index contributed by atoms with van der Waals surface area (Å²) in [5.41, 5.74) is 2.22. The van der Waals surface area contributed by atoms with E-state index in [2.05, 4.69) is 17.6 Å². The first-order chi connectivity index (χ1) is 9.15. The van der Waals surface area contributed by atoms with Crippen LogP contribution in [0.2, 0.25) is 0 Å². The molecular formula is C16H24N2O. The molecule has 2 rings (SSSR count). The number of amides is 1. The fraction of sp³-hybridized carbons (Fsp3) is 0.562. The molecule has 1 aliphatic rings. The molecule has 0 spiro atoms. The third-order valence-electron chi connectivity index (χ3n) is 3.78. The van der Waals surface area contributed by atoms with Gasteiger partial charge in [0.1, 0.15) is 6.04 Å². The number of nitrogens with one attached hydrogen (secondary N) is 2. The highest BCUT2D eigenvalue weighted by molar-refractivity contribution is 5.84. The van der Waals surface area contributed by atoms with Crippen LogP contribution in [-0.4, -0.2) is 18.0 Å². The Bertz CT molecular complexity index is 407. The Morgan fingerprint density at radius 2 is 1.79 bits per heavy atom. The van der Waals surface area contributed by atoms with E-state index in [4.69, 9.17) is 0 Å². The fourth-order valence-corrected chi connectivity index (χ4v) is 2.54. The maximum absolute atomic E-state index is 12.1. The van der Waals surface area contributed by atoms with Gasteiger partial charge < -0.3 is 10.6 Å². The van der Waals surface area contributed by atoms with Crippen molar-refractivity contribution in [3.8, 4) is 0 Å². The van der Waals surface area contributed by atoms with Crippen LogP contribution in [0.25, 0.3) is 0 Å². The maximum atomic E-state index is 12.1. The molecule has 0 aliphatic heterocycles. The van der Waals surface area contributed by atoms with Gasteiger partial charge in [0.25, 0.3) is 0 Å². The first-order valence-electron chi connectivity index (χ1n) is 7.29. The van der Waals surface area contributed by atoms with E-state index in [1.54, 1.807) is 0 Å². The van der Waals surface area contributed by atoms with Gasteiger partial charge in [-0.15, -0.1) is 0 Å². The van der Waals surface area contributed by atoms with Crippen molar-refractivity contribution in [1.82, 2.24) is 5.32 Å². The highest BCUT2D eigenvalue weighted by Crippen LogP contribution is 2.17. The number of anilines is 1. The Labute approximate surface area is 115 Å². The second kappa shape index (κ2) is 6.60. The largest absolute Gasteiger partial charge is 0.374 e. The lowest BCUT2D eigenvalue weighted by molar-refractivity contribution is -0.122. The van der Waals surface area contributed by atoms with Gasteiger partial charge in [-0.25, -0.2) is 0 Å². The highest BCUT2D eigenvalue weighted by atomic mass is 16.2. The van der Waals surface area contributed by atoms with Gasteiger partial charge in [0.15, 0.2) is 0 Å². The van der Waals surface area contributed by atoms with Crippen molar-refractivity contribution in [2.45, 2.75) is 58.0 Å². The molecule has 1 saturated carbocycles. The van der Waals surface area contributed by atoms with Crippen molar-refractivity contribution < 1.29 is 4.79 Å². The van der Waals surface area contributed by atoms with Gasteiger partial charge in [-0.2, -0.15) is 0 Å². The molecule has 0 aromatic heterocycles. The zero-order valence-electron chi connectivity index (χ0n) is 11.9. The van der Waals surface area contributed by atoms with E-state index in [0.29, 0.717) is 6.04 Å². The number of hydrogen-bond donors (Lipinski definition) is 2. The van der Waals surface area contributed by atoms with Crippen LogP contribution in [0.4, 0.5) is 5.69 Å². The quantitative estimate of drug-likeness (QED) is 0.872. The summed E-state index contributed by atoms with van der Waals surface area (Å²) in [5, 5.41) is 6.40. The van der Waals surface area contributed by atoms with Gasteiger partial charge >= 0.3 is 0 Å². The molecule has 0 unspecified atom stereocenters. The molecule has 1 fully saturated rings. The number of aryl methyl sites for hydroxylation is 1. The molecule has 0 heterocycles. The van der Waals surface area contributed by atoms with Crippen molar-refractivity contribution in [2.75, 3.05) is 5.32 Å². The van der Waals surface area contributed by atoms with Crippen LogP contribution in [0.15, 0.2) is 24.3 Å². The summed E-state index contributed by atoms with van der Waals surface area (Å²) in [5.74, 6) is 0.104. The van der Waals surface area contributed by atoms with Gasteiger partial charge in [-0.1, -0.05) is 37.0 Å². The number of carbonyl (C=O) groups is 1. The first-order valence-corrected chi connectivity index (χ1v) is 7.29. The van der Waals surface area contributed by atoms with Crippen molar-refractivity contribution in [1.29, 1.82) is 0 Å². The highest BCUT2D eigenvalue weighted by Gasteiger charge is 2.19. The summed E-state index contributed by atoms with van der Waals surface area (Å²) in [6.07, 6.45) is 6.05. The monoisotopic (exact) mass is 260 g/mol. The van der Waals surface area contributed by atoms with Crippen LogP contribution >= 0.6 is 0 Å². The minimum absolute atomic E-state index is 0.104. The average molecular weight is 260 g/mol. The Balaban J connectivity index is 1.83. The second-order valence-corrected chi connectivity index (χ2v) is 5.58. The molecule has 3 heteroatoms. The van der Waals surface area contributed by atoms with Gasteiger partial charge in [0, 0.05) is 11.7 Å². The minimum atomic E-state index is -0.190. The molecule has 1 amide bonds. The summed E-state index contributed by atoms with van der Waals surface area (Å²) >= 11 is 0. The van der Waals surface area contributed by atoms with Crippen molar-refractivity contribution in [3.63, 3.8) is 0 Å². The Morgan fingerprint density at radius 3 is 2.42 bits per heavy atom. The lowest BCUT2D eigenvalue weighted by Gasteiger charge is -2.25. The molecule has 0 radical (unpaired) electrons. The minimum Gasteiger partial charge on any atom is -0.374 e. The summed E-state index contributed by atoms with van der Waals surface area (Å²) in [6.45, 7) is 3.97. The lowest BCUT2D eigenvalue weighted by atomic mass is 9.95. The first kappa shape index (κ1) is 13.9. The third-order valence-corrected chi connectivity index (χ3v) is 3.78. The van der Waals surface area contributed by atoms with E-state index in [9.17, 15) is 4.79 Å². The summed E-state index contributed by atoms with van der Waals surface area (Å²) in [4.78, 5) is 12.1. The lowest BCUT2D eigenvalue weighted by Crippen LogP contribution is -2.43. The zero-order valence-corrected chi connectivity index (χ0v) is 11.9. The smallest absolute Gasteiger partial charge is 0.242 e. The molecule has 0 saturated heterocycles. The molecule has 19 heavy (non-hydrogen) atoms. The Morgan fingerprint density at radius 1 is 1.16 bits per heavy atom. The molecule has 1 aromatic rings. The van der Waals surface area contributed by atoms with E-state index >= 15 is 0 Å². The molecular weight excluding hydrogens is 236 g/mol. The van der Waals surface area contributed by atoms with Gasteiger partial charge in [-0.3, -0.25) is 4.79 Å². The van der Waals surface area contributed by atoms with E-state index < -0.39 is 0 Å². The topological polar surface area (TPSA) is 41.1 Å². The van der Waals surface area contributed by atoms with E-state index in [0.717, 1.165) is 18.5 Å². The number of carbonyl (C=O) groups excluding carboxylic acids is 1. The van der Waals surface area contributed by atoms with Crippen LogP contribution < -0.4 is 10.6 Å². The van der Waals surface area contributed by atoms with E-state index in [-0.39, 0.29) is 11.9 Å². The molecule has 1 aromatic carbocycles. The van der Waals surface area contributed by atoms with Gasteiger partial charge in [0.2, 0.25) is 5.91 Å². The van der Waals surface area contributed by atoms with Crippen LogP contribution in [0.5, 0.6) is 0 Å². The summed E-state index contributed by atoms with van der Waals surface area (Å²) < 4.78 is 0. The van der Waals surface area contributed by atoms with E-state index in [1.807, 2.05) is 31.2 Å². The summed E-state index contributed by atoms with van der Waals surface area (Å²) in [7, 11) is 0. The molecule has 104 valence electrons. The fourth-order valence-electron chi connectivity index (χ4n) is 2.54. The van der Waals surface area contributed by atoms with Crippen molar-refractivity contribution in [3.05, 3.63) is 29.8 Å². The van der Waals surface area contributed by atoms with Gasteiger partial charge in [-0.05, 0) is 38.8 Å². The number of hydrogen-bond acceptors (Lipinski definition) is 2. The summed E-state index contributed by atoms with van der Waals surface area (Å²) in [6, 6.07) is 8.31. The van der Waals surface area contributed by atoms with E-state index in [1.165, 1.54) is 24.8 Å². The zero-order chi connectivity index (χ0) is 13.7. The predicted octanol–water partition coefficient (Wildman–Crippen LogP) is 3.24. The molecule has 2 N–H and O–H groups in total. The molecule has 3 nitrogen and oxygen atoms in total. The molecule has 0 bridgehead atoms. The van der Waals surface area contributed by atoms with Crippen LogP contribution in [0.1, 0.15) is 44.6 Å². The normalized spacial score (nSPS) is 17.8. The van der Waals surface area contributed by atoms with Crippen LogP contribution in [0, 0.1) is 6.92 Å². The predicted molar refractivity (Wildman–Crippen MR) is 79.3 cm³/mol. The van der Waals surface area contributed by atoms with Crippen LogP contribution in [-0.2, 0) is 4.79 Å².